The van der Waals surface area contributed by atoms with Crippen LogP contribution < -0.4 is 15.4 Å². The average molecular weight is 328 g/mol. The van der Waals surface area contributed by atoms with Gasteiger partial charge in [0.2, 0.25) is 0 Å². The first-order chi connectivity index (χ1) is 11.7. The molecule has 0 saturated carbocycles. The Bertz CT molecular complexity index is 710. The van der Waals surface area contributed by atoms with E-state index in [0.29, 0.717) is 0 Å². The molecule has 1 aliphatic rings. The predicted octanol–water partition coefficient (Wildman–Crippen LogP) is 2.98. The monoisotopic (exact) mass is 328 g/mol. The number of carbonyl (C=O) groups is 1. The average Bonchev–Trinajstić information content (AvgIpc) is 2.62. The highest BCUT2D eigenvalue weighted by Crippen LogP contribution is 2.24. The standard InChI is InChI=1S/C19H21FN2O2/c1-24-16-5-2-13(3-6-16)14-4-7-17(18(20)12-14)19(23)22-15-8-10-21-11-9-15/h2-7,12,15,21H,8-11H2,1H3,(H,22,23). The topological polar surface area (TPSA) is 50.4 Å². The van der Waals surface area contributed by atoms with Crippen molar-refractivity contribution in [3.05, 3.63) is 53.8 Å². The zero-order valence-electron chi connectivity index (χ0n) is 13.6. The molecule has 0 bridgehead atoms. The van der Waals surface area contributed by atoms with Crippen molar-refractivity contribution in [3.63, 3.8) is 0 Å². The van der Waals surface area contributed by atoms with E-state index in [4.69, 9.17) is 4.74 Å². The summed E-state index contributed by atoms with van der Waals surface area (Å²) in [5.41, 5.74) is 1.69. The van der Waals surface area contributed by atoms with Crippen LogP contribution in [0.4, 0.5) is 4.39 Å². The molecule has 1 fully saturated rings. The van der Waals surface area contributed by atoms with Gasteiger partial charge in [0.25, 0.3) is 5.91 Å². The molecule has 1 aliphatic heterocycles. The Balaban J connectivity index is 1.74. The Morgan fingerprint density at radius 1 is 1.12 bits per heavy atom. The Hall–Kier alpha value is -2.40. The molecule has 1 amide bonds. The predicted molar refractivity (Wildman–Crippen MR) is 91.7 cm³/mol. The second-order valence-corrected chi connectivity index (χ2v) is 5.92. The molecule has 0 aliphatic carbocycles. The SMILES string of the molecule is COc1ccc(-c2ccc(C(=O)NC3CCNCC3)c(F)c2)cc1. The number of nitrogens with one attached hydrogen (secondary N) is 2. The van der Waals surface area contributed by atoms with Gasteiger partial charge in [0.05, 0.1) is 12.7 Å². The maximum Gasteiger partial charge on any atom is 0.254 e. The molecule has 1 heterocycles. The van der Waals surface area contributed by atoms with Gasteiger partial charge in [0, 0.05) is 6.04 Å². The molecule has 1 saturated heterocycles. The van der Waals surface area contributed by atoms with Crippen LogP contribution in [0.5, 0.6) is 5.75 Å². The molecule has 2 N–H and O–H groups in total. The fourth-order valence-corrected chi connectivity index (χ4v) is 2.89. The molecule has 5 heteroatoms. The summed E-state index contributed by atoms with van der Waals surface area (Å²) < 4.78 is 19.5. The van der Waals surface area contributed by atoms with Crippen molar-refractivity contribution in [1.82, 2.24) is 10.6 Å². The molecule has 2 aromatic rings. The molecule has 2 aromatic carbocycles. The van der Waals surface area contributed by atoms with E-state index >= 15 is 0 Å². The maximum atomic E-state index is 14.4. The van der Waals surface area contributed by atoms with Gasteiger partial charge < -0.3 is 15.4 Å². The lowest BCUT2D eigenvalue weighted by Gasteiger charge is -2.23. The Morgan fingerprint density at radius 3 is 2.42 bits per heavy atom. The number of hydrogen-bond acceptors (Lipinski definition) is 3. The van der Waals surface area contributed by atoms with Gasteiger partial charge in [-0.05, 0) is 61.3 Å². The minimum absolute atomic E-state index is 0.0887. The van der Waals surface area contributed by atoms with Crippen molar-refractivity contribution in [3.8, 4) is 16.9 Å². The van der Waals surface area contributed by atoms with Crippen LogP contribution in [0.3, 0.4) is 0 Å². The van der Waals surface area contributed by atoms with E-state index in [2.05, 4.69) is 10.6 Å². The second kappa shape index (κ2) is 7.45. The summed E-state index contributed by atoms with van der Waals surface area (Å²) in [4.78, 5) is 12.3. The number of carbonyl (C=O) groups excluding carboxylic acids is 1. The zero-order valence-corrected chi connectivity index (χ0v) is 13.6. The lowest BCUT2D eigenvalue weighted by Crippen LogP contribution is -2.42. The largest absolute Gasteiger partial charge is 0.497 e. The maximum absolute atomic E-state index is 14.4. The number of piperidine rings is 1. The molecule has 4 nitrogen and oxygen atoms in total. The summed E-state index contributed by atoms with van der Waals surface area (Å²) in [5.74, 6) is -0.104. The molecule has 0 spiro atoms. The van der Waals surface area contributed by atoms with Gasteiger partial charge >= 0.3 is 0 Å². The van der Waals surface area contributed by atoms with Crippen LogP contribution in [0.15, 0.2) is 42.5 Å². The van der Waals surface area contributed by atoms with Gasteiger partial charge in [-0.3, -0.25) is 4.79 Å². The highest BCUT2D eigenvalue weighted by Gasteiger charge is 2.19. The highest BCUT2D eigenvalue weighted by atomic mass is 19.1. The molecule has 126 valence electrons. The number of ether oxygens (including phenoxy) is 1. The first-order valence-electron chi connectivity index (χ1n) is 8.13. The summed E-state index contributed by atoms with van der Waals surface area (Å²) in [7, 11) is 1.60. The smallest absolute Gasteiger partial charge is 0.254 e. The first-order valence-corrected chi connectivity index (χ1v) is 8.13. The van der Waals surface area contributed by atoms with E-state index in [1.165, 1.54) is 6.07 Å². The van der Waals surface area contributed by atoms with Crippen LogP contribution in [0.25, 0.3) is 11.1 Å². The molecule has 0 aromatic heterocycles. The quantitative estimate of drug-likeness (QED) is 0.907. The van der Waals surface area contributed by atoms with Gasteiger partial charge in [-0.1, -0.05) is 18.2 Å². The van der Waals surface area contributed by atoms with Gasteiger partial charge in [0.1, 0.15) is 11.6 Å². The minimum atomic E-state index is -0.505. The van der Waals surface area contributed by atoms with Crippen molar-refractivity contribution in [2.24, 2.45) is 0 Å². The Kier molecular flexibility index (Phi) is 5.11. The van der Waals surface area contributed by atoms with Crippen LogP contribution in [0.1, 0.15) is 23.2 Å². The van der Waals surface area contributed by atoms with Crippen LogP contribution >= 0.6 is 0 Å². The van der Waals surface area contributed by atoms with Crippen molar-refractivity contribution in [2.45, 2.75) is 18.9 Å². The van der Waals surface area contributed by atoms with Crippen LogP contribution in [-0.4, -0.2) is 32.1 Å². The van der Waals surface area contributed by atoms with Gasteiger partial charge in [-0.25, -0.2) is 4.39 Å². The van der Waals surface area contributed by atoms with Crippen LogP contribution in [-0.2, 0) is 0 Å². The highest BCUT2D eigenvalue weighted by molar-refractivity contribution is 5.95. The molecule has 0 unspecified atom stereocenters. The number of rotatable bonds is 4. The molecule has 0 radical (unpaired) electrons. The van der Waals surface area contributed by atoms with E-state index in [1.807, 2.05) is 24.3 Å². The van der Waals surface area contributed by atoms with Crippen LogP contribution in [0, 0.1) is 5.82 Å². The summed E-state index contributed by atoms with van der Waals surface area (Å²) in [6, 6.07) is 12.2. The van der Waals surface area contributed by atoms with Gasteiger partial charge in [-0.2, -0.15) is 0 Å². The summed E-state index contributed by atoms with van der Waals surface area (Å²) >= 11 is 0. The summed E-state index contributed by atoms with van der Waals surface area (Å²) in [6.07, 6.45) is 1.74. The fraction of sp³-hybridized carbons (Fsp3) is 0.316. The molecular weight excluding hydrogens is 307 g/mol. The third kappa shape index (κ3) is 3.74. The van der Waals surface area contributed by atoms with Gasteiger partial charge in [0.15, 0.2) is 0 Å². The van der Waals surface area contributed by atoms with E-state index in [9.17, 15) is 9.18 Å². The summed E-state index contributed by atoms with van der Waals surface area (Å²) in [5, 5.41) is 6.15. The number of amides is 1. The Labute approximate surface area is 141 Å². The zero-order chi connectivity index (χ0) is 16.9. The molecule has 24 heavy (non-hydrogen) atoms. The van der Waals surface area contributed by atoms with E-state index in [1.54, 1.807) is 19.2 Å². The van der Waals surface area contributed by atoms with Crippen molar-refractivity contribution in [2.75, 3.05) is 20.2 Å². The molecular formula is C19H21FN2O2. The Morgan fingerprint density at radius 2 is 1.79 bits per heavy atom. The van der Waals surface area contributed by atoms with E-state index < -0.39 is 5.82 Å². The van der Waals surface area contributed by atoms with Crippen molar-refractivity contribution >= 4 is 5.91 Å². The first kappa shape index (κ1) is 16.5. The number of hydrogen-bond donors (Lipinski definition) is 2. The van der Waals surface area contributed by atoms with Crippen molar-refractivity contribution < 1.29 is 13.9 Å². The van der Waals surface area contributed by atoms with E-state index in [-0.39, 0.29) is 17.5 Å². The number of benzene rings is 2. The van der Waals surface area contributed by atoms with Crippen molar-refractivity contribution in [1.29, 1.82) is 0 Å². The summed E-state index contributed by atoms with van der Waals surface area (Å²) in [6.45, 7) is 1.76. The van der Waals surface area contributed by atoms with Gasteiger partial charge in [-0.15, -0.1) is 0 Å². The second-order valence-electron chi connectivity index (χ2n) is 5.92. The van der Waals surface area contributed by atoms with E-state index in [0.717, 1.165) is 42.8 Å². The third-order valence-electron chi connectivity index (χ3n) is 4.31. The normalized spacial score (nSPS) is 15.1. The lowest BCUT2D eigenvalue weighted by atomic mass is 10.0. The minimum Gasteiger partial charge on any atom is -0.497 e. The number of methoxy groups -OCH3 is 1. The lowest BCUT2D eigenvalue weighted by molar-refractivity contribution is 0.0925. The number of halogens is 1. The molecule has 0 atom stereocenters. The third-order valence-corrected chi connectivity index (χ3v) is 4.31. The van der Waals surface area contributed by atoms with Crippen LogP contribution in [0.2, 0.25) is 0 Å². The fourth-order valence-electron chi connectivity index (χ4n) is 2.89. The molecule has 3 rings (SSSR count).